The third-order valence-corrected chi connectivity index (χ3v) is 3.12. The molecule has 0 bridgehead atoms. The van der Waals surface area contributed by atoms with Crippen LogP contribution in [0.3, 0.4) is 0 Å². The van der Waals surface area contributed by atoms with Crippen molar-refractivity contribution >= 4 is 34.5 Å². The van der Waals surface area contributed by atoms with Gasteiger partial charge in [-0.25, -0.2) is 4.79 Å². The fourth-order valence-corrected chi connectivity index (χ4v) is 1.93. The number of rotatable bonds is 6. The van der Waals surface area contributed by atoms with E-state index in [1.165, 1.54) is 6.20 Å². The molecule has 1 rings (SSSR count). The number of carbonyl (C=O) groups is 2. The van der Waals surface area contributed by atoms with E-state index >= 15 is 0 Å². The Kier molecular flexibility index (Phi) is 5.88. The molecule has 0 atom stereocenters. The van der Waals surface area contributed by atoms with Gasteiger partial charge in [0.05, 0.1) is 3.57 Å². The second kappa shape index (κ2) is 7.19. The number of aromatic amines is 1. The molecule has 0 radical (unpaired) electrons. The van der Waals surface area contributed by atoms with Crippen LogP contribution in [-0.2, 0) is 16.1 Å². The summed E-state index contributed by atoms with van der Waals surface area (Å²) < 4.78 is 1.26. The lowest BCUT2D eigenvalue weighted by Crippen LogP contribution is -2.43. The second-order valence-corrected chi connectivity index (χ2v) is 5.02. The number of carboxylic acid groups (broad SMARTS) is 1. The molecule has 1 heterocycles. The van der Waals surface area contributed by atoms with Crippen molar-refractivity contribution in [1.29, 1.82) is 0 Å². The number of H-pyrrole nitrogens is 1. The number of nitrogens with zero attached hydrogens (tertiary/aromatic N) is 2. The second-order valence-electron chi connectivity index (χ2n) is 3.86. The third-order valence-electron chi connectivity index (χ3n) is 2.35. The average molecular weight is 396 g/mol. The summed E-state index contributed by atoms with van der Waals surface area (Å²) in [5, 5.41) is 8.71. The van der Waals surface area contributed by atoms with Crippen molar-refractivity contribution in [2.75, 3.05) is 19.6 Å². The Morgan fingerprint density at radius 1 is 1.45 bits per heavy atom. The normalized spacial score (nSPS) is 10.3. The highest BCUT2D eigenvalue weighted by molar-refractivity contribution is 14.1. The van der Waals surface area contributed by atoms with Crippen LogP contribution >= 0.6 is 22.6 Å². The highest BCUT2D eigenvalue weighted by Crippen LogP contribution is 1.96. The fraction of sp³-hybridized carbons (Fsp3) is 0.400. The van der Waals surface area contributed by atoms with Gasteiger partial charge in [-0.15, -0.1) is 0 Å². The molecule has 10 heteroatoms. The summed E-state index contributed by atoms with van der Waals surface area (Å²) in [5.74, 6) is -1.74. The lowest BCUT2D eigenvalue weighted by atomic mass is 10.4. The predicted octanol–water partition coefficient (Wildman–Crippen LogP) is -1.99. The van der Waals surface area contributed by atoms with Crippen molar-refractivity contribution in [3.05, 3.63) is 30.6 Å². The standard InChI is InChI=1S/C10H13IN4O5/c11-6-3-15(10(20)13-9(6)19)4-7(16)14(2-1-12)5-8(17)18/h3H,1-2,4-5,12H2,(H,17,18)(H,13,19,20). The molecular weight excluding hydrogens is 383 g/mol. The molecule has 0 fully saturated rings. The van der Waals surface area contributed by atoms with Gasteiger partial charge in [-0.2, -0.15) is 0 Å². The Morgan fingerprint density at radius 3 is 2.65 bits per heavy atom. The molecule has 0 aliphatic carbocycles. The molecule has 0 saturated carbocycles. The van der Waals surface area contributed by atoms with E-state index in [4.69, 9.17) is 10.8 Å². The molecule has 1 amide bonds. The van der Waals surface area contributed by atoms with Crippen LogP contribution in [0.5, 0.6) is 0 Å². The van der Waals surface area contributed by atoms with E-state index in [1.54, 1.807) is 22.6 Å². The molecule has 20 heavy (non-hydrogen) atoms. The maximum absolute atomic E-state index is 11.9. The van der Waals surface area contributed by atoms with Crippen LogP contribution in [0.2, 0.25) is 0 Å². The number of amides is 1. The Morgan fingerprint density at radius 2 is 2.10 bits per heavy atom. The zero-order valence-corrected chi connectivity index (χ0v) is 12.5. The number of nitrogens with one attached hydrogen (secondary N) is 1. The van der Waals surface area contributed by atoms with E-state index in [-0.39, 0.29) is 23.2 Å². The molecular formula is C10H13IN4O5. The number of carbonyl (C=O) groups excluding carboxylic acids is 1. The van der Waals surface area contributed by atoms with Gasteiger partial charge in [0.25, 0.3) is 5.56 Å². The van der Waals surface area contributed by atoms with E-state index < -0.39 is 29.7 Å². The highest BCUT2D eigenvalue weighted by Gasteiger charge is 2.17. The molecule has 1 aromatic heterocycles. The summed E-state index contributed by atoms with van der Waals surface area (Å²) in [6.07, 6.45) is 1.24. The van der Waals surface area contributed by atoms with Crippen LogP contribution < -0.4 is 17.0 Å². The SMILES string of the molecule is NCCN(CC(=O)O)C(=O)Cn1cc(I)c(=O)[nH]c1=O. The molecule has 1 aromatic rings. The van der Waals surface area contributed by atoms with Crippen molar-refractivity contribution < 1.29 is 14.7 Å². The zero-order chi connectivity index (χ0) is 15.3. The van der Waals surface area contributed by atoms with Gasteiger partial charge in [0, 0.05) is 19.3 Å². The minimum Gasteiger partial charge on any atom is -0.480 e. The Labute approximate surface area is 126 Å². The topological polar surface area (TPSA) is 138 Å². The van der Waals surface area contributed by atoms with E-state index in [2.05, 4.69) is 4.98 Å². The van der Waals surface area contributed by atoms with Crippen molar-refractivity contribution in [1.82, 2.24) is 14.5 Å². The van der Waals surface area contributed by atoms with Crippen LogP contribution in [0.4, 0.5) is 0 Å². The number of carboxylic acids is 1. The Balaban J connectivity index is 2.93. The van der Waals surface area contributed by atoms with Crippen LogP contribution in [0, 0.1) is 3.57 Å². The summed E-state index contributed by atoms with van der Waals surface area (Å²) in [6.45, 7) is -0.679. The minimum atomic E-state index is -1.17. The first-order chi connectivity index (χ1) is 9.35. The minimum absolute atomic E-state index is 0.0698. The average Bonchev–Trinajstić information content (AvgIpc) is 2.34. The Hall–Kier alpha value is -1.69. The van der Waals surface area contributed by atoms with Crippen molar-refractivity contribution in [2.24, 2.45) is 5.73 Å². The monoisotopic (exact) mass is 396 g/mol. The van der Waals surface area contributed by atoms with Gasteiger partial charge in [-0.3, -0.25) is 23.9 Å². The van der Waals surface area contributed by atoms with Gasteiger partial charge in [-0.05, 0) is 22.6 Å². The van der Waals surface area contributed by atoms with E-state index in [1.807, 2.05) is 0 Å². The number of aromatic nitrogens is 2. The quantitative estimate of drug-likeness (QED) is 0.476. The summed E-state index contributed by atoms with van der Waals surface area (Å²) in [5.41, 5.74) is 4.04. The fourth-order valence-electron chi connectivity index (χ4n) is 1.46. The summed E-state index contributed by atoms with van der Waals surface area (Å²) in [4.78, 5) is 48.4. The lowest BCUT2D eigenvalue weighted by molar-refractivity contribution is -0.144. The highest BCUT2D eigenvalue weighted by atomic mass is 127. The molecule has 0 spiro atoms. The number of aliphatic carboxylic acids is 1. The lowest BCUT2D eigenvalue weighted by Gasteiger charge is -2.20. The van der Waals surface area contributed by atoms with Gasteiger partial charge < -0.3 is 15.7 Å². The van der Waals surface area contributed by atoms with Crippen molar-refractivity contribution in [3.63, 3.8) is 0 Å². The first kappa shape index (κ1) is 16.4. The van der Waals surface area contributed by atoms with Gasteiger partial charge in [0.15, 0.2) is 0 Å². The smallest absolute Gasteiger partial charge is 0.328 e. The summed E-state index contributed by atoms with van der Waals surface area (Å²) in [6, 6.07) is 0. The van der Waals surface area contributed by atoms with Crippen molar-refractivity contribution in [3.8, 4) is 0 Å². The molecule has 110 valence electrons. The molecule has 0 aromatic carbocycles. The molecule has 0 unspecified atom stereocenters. The zero-order valence-electron chi connectivity index (χ0n) is 10.3. The molecule has 9 nitrogen and oxygen atoms in total. The predicted molar refractivity (Wildman–Crippen MR) is 77.3 cm³/mol. The van der Waals surface area contributed by atoms with E-state index in [9.17, 15) is 19.2 Å². The maximum Gasteiger partial charge on any atom is 0.328 e. The number of hydrogen-bond acceptors (Lipinski definition) is 5. The van der Waals surface area contributed by atoms with Gasteiger partial charge in [0.2, 0.25) is 5.91 Å². The largest absolute Gasteiger partial charge is 0.480 e. The van der Waals surface area contributed by atoms with Gasteiger partial charge in [-0.1, -0.05) is 0 Å². The van der Waals surface area contributed by atoms with Crippen LogP contribution in [0.1, 0.15) is 0 Å². The third kappa shape index (κ3) is 4.45. The van der Waals surface area contributed by atoms with Crippen LogP contribution in [0.25, 0.3) is 0 Å². The summed E-state index contributed by atoms with van der Waals surface area (Å²) >= 11 is 1.72. The first-order valence-corrected chi connectivity index (χ1v) is 6.62. The van der Waals surface area contributed by atoms with Crippen molar-refractivity contribution in [2.45, 2.75) is 6.54 Å². The van der Waals surface area contributed by atoms with Crippen LogP contribution in [-0.4, -0.2) is 51.1 Å². The maximum atomic E-state index is 11.9. The first-order valence-electron chi connectivity index (χ1n) is 5.54. The van der Waals surface area contributed by atoms with E-state index in [0.29, 0.717) is 0 Å². The van der Waals surface area contributed by atoms with Gasteiger partial charge >= 0.3 is 11.7 Å². The molecule has 0 aliphatic heterocycles. The molecule has 0 saturated heterocycles. The Bertz CT molecular complexity index is 623. The molecule has 0 aliphatic rings. The number of nitrogens with two attached hydrogens (primary N) is 1. The number of hydrogen-bond donors (Lipinski definition) is 3. The van der Waals surface area contributed by atoms with Crippen LogP contribution in [0.15, 0.2) is 15.8 Å². The molecule has 4 N–H and O–H groups in total. The van der Waals surface area contributed by atoms with Gasteiger partial charge in [0.1, 0.15) is 13.1 Å². The summed E-state index contributed by atoms with van der Waals surface area (Å²) in [7, 11) is 0. The number of halogens is 1. The van der Waals surface area contributed by atoms with E-state index in [0.717, 1.165) is 9.47 Å².